The molecule has 1 amide bonds. The highest BCUT2D eigenvalue weighted by Crippen LogP contribution is 2.38. The highest BCUT2D eigenvalue weighted by molar-refractivity contribution is 5.95. The van der Waals surface area contributed by atoms with Crippen LogP contribution in [-0.4, -0.2) is 33.1 Å². The van der Waals surface area contributed by atoms with Crippen LogP contribution in [0.15, 0.2) is 66.7 Å². The van der Waals surface area contributed by atoms with Crippen LogP contribution in [0.1, 0.15) is 22.7 Å². The van der Waals surface area contributed by atoms with Crippen molar-refractivity contribution in [2.75, 3.05) is 26.6 Å². The summed E-state index contributed by atoms with van der Waals surface area (Å²) in [4.78, 5) is 13.4. The van der Waals surface area contributed by atoms with Gasteiger partial charge in [0.05, 0.1) is 21.3 Å². The third-order valence-electron chi connectivity index (χ3n) is 5.13. The molecule has 0 unspecified atom stereocenters. The van der Waals surface area contributed by atoms with Gasteiger partial charge >= 0.3 is 0 Å². The third-order valence-corrected chi connectivity index (χ3v) is 5.13. The number of halogens is 1. The van der Waals surface area contributed by atoms with Gasteiger partial charge < -0.3 is 30.6 Å². The number of hydrogen-bond acceptors (Lipinski definition) is 6. The van der Waals surface area contributed by atoms with Crippen LogP contribution in [0.3, 0.4) is 0 Å². The minimum atomic E-state index is -0.799. The number of nitrogen functional groups attached to an aromatic ring is 1. The first kappa shape index (κ1) is 26.3. The molecule has 34 heavy (non-hydrogen) atoms. The molecular formula is C25H29ClN4O4. The fourth-order valence-electron chi connectivity index (χ4n) is 3.36. The maximum Gasteiger partial charge on any atom is 0.247 e. The largest absolute Gasteiger partial charge is 0.496 e. The summed E-state index contributed by atoms with van der Waals surface area (Å²) < 4.78 is 16.4. The molecule has 0 fully saturated rings. The SMILES string of the molecule is COc1cc(OC)c([C@@H](Nc2ccc(C(=N)N)cc2)C(=O)NCc2ccccc2)cc1OC.Cl. The van der Waals surface area contributed by atoms with Gasteiger partial charge in [-0.3, -0.25) is 10.2 Å². The predicted octanol–water partition coefficient (Wildman–Crippen LogP) is 3.89. The van der Waals surface area contributed by atoms with E-state index in [2.05, 4.69) is 10.6 Å². The van der Waals surface area contributed by atoms with Gasteiger partial charge in [0.15, 0.2) is 11.5 Å². The van der Waals surface area contributed by atoms with E-state index in [4.69, 9.17) is 25.4 Å². The summed E-state index contributed by atoms with van der Waals surface area (Å²) >= 11 is 0. The maximum absolute atomic E-state index is 13.4. The van der Waals surface area contributed by atoms with Gasteiger partial charge in [-0.2, -0.15) is 0 Å². The van der Waals surface area contributed by atoms with Crippen molar-refractivity contribution in [2.45, 2.75) is 12.6 Å². The number of amidine groups is 1. The first-order chi connectivity index (χ1) is 16.0. The highest BCUT2D eigenvalue weighted by Gasteiger charge is 2.26. The van der Waals surface area contributed by atoms with E-state index in [-0.39, 0.29) is 24.1 Å². The Labute approximate surface area is 205 Å². The molecule has 0 saturated heterocycles. The Morgan fingerprint density at radius 3 is 2.06 bits per heavy atom. The van der Waals surface area contributed by atoms with Crippen molar-refractivity contribution in [2.24, 2.45) is 5.73 Å². The van der Waals surface area contributed by atoms with Crippen LogP contribution in [0.5, 0.6) is 17.2 Å². The van der Waals surface area contributed by atoms with Gasteiger partial charge in [0.2, 0.25) is 5.91 Å². The number of hydrogen-bond donors (Lipinski definition) is 4. The predicted molar refractivity (Wildman–Crippen MR) is 135 cm³/mol. The summed E-state index contributed by atoms with van der Waals surface area (Å²) in [5.41, 5.74) is 8.38. The highest BCUT2D eigenvalue weighted by atomic mass is 35.5. The summed E-state index contributed by atoms with van der Waals surface area (Å²) in [6.45, 7) is 0.372. The molecule has 3 rings (SSSR count). The molecule has 5 N–H and O–H groups in total. The molecule has 0 aliphatic carbocycles. The fraction of sp³-hybridized carbons (Fsp3) is 0.200. The van der Waals surface area contributed by atoms with Gasteiger partial charge in [0.25, 0.3) is 0 Å². The zero-order valence-corrected chi connectivity index (χ0v) is 20.1. The third kappa shape index (κ3) is 6.32. The van der Waals surface area contributed by atoms with E-state index in [1.54, 1.807) is 36.4 Å². The molecule has 0 aliphatic heterocycles. The lowest BCUT2D eigenvalue weighted by Crippen LogP contribution is -2.33. The first-order valence-electron chi connectivity index (χ1n) is 10.3. The minimum Gasteiger partial charge on any atom is -0.496 e. The van der Waals surface area contributed by atoms with Gasteiger partial charge in [-0.25, -0.2) is 0 Å². The Morgan fingerprint density at radius 2 is 1.50 bits per heavy atom. The number of ether oxygens (including phenoxy) is 3. The molecule has 9 heteroatoms. The van der Waals surface area contributed by atoms with Crippen molar-refractivity contribution in [3.63, 3.8) is 0 Å². The average Bonchev–Trinajstić information content (AvgIpc) is 2.85. The topological polar surface area (TPSA) is 119 Å². The first-order valence-corrected chi connectivity index (χ1v) is 10.3. The Morgan fingerprint density at radius 1 is 0.912 bits per heavy atom. The second-order valence-electron chi connectivity index (χ2n) is 7.22. The molecular weight excluding hydrogens is 456 g/mol. The lowest BCUT2D eigenvalue weighted by molar-refractivity contribution is -0.122. The summed E-state index contributed by atoms with van der Waals surface area (Å²) in [5, 5.41) is 13.8. The van der Waals surface area contributed by atoms with E-state index in [1.165, 1.54) is 21.3 Å². The molecule has 0 aromatic heterocycles. The summed E-state index contributed by atoms with van der Waals surface area (Å²) in [6, 6.07) is 19.2. The molecule has 3 aromatic rings. The quantitative estimate of drug-likeness (QED) is 0.256. The van der Waals surface area contributed by atoms with Gasteiger partial charge in [-0.15, -0.1) is 12.4 Å². The monoisotopic (exact) mass is 484 g/mol. The van der Waals surface area contributed by atoms with Crippen molar-refractivity contribution in [1.29, 1.82) is 5.41 Å². The van der Waals surface area contributed by atoms with Crippen molar-refractivity contribution in [3.8, 4) is 17.2 Å². The average molecular weight is 485 g/mol. The number of amides is 1. The van der Waals surface area contributed by atoms with E-state index >= 15 is 0 Å². The Kier molecular flexibility index (Phi) is 9.58. The van der Waals surface area contributed by atoms with Crippen molar-refractivity contribution in [3.05, 3.63) is 83.4 Å². The molecule has 0 aliphatic rings. The summed E-state index contributed by atoms with van der Waals surface area (Å²) in [5.74, 6) is 1.16. The molecule has 0 radical (unpaired) electrons. The normalized spacial score (nSPS) is 10.9. The second kappa shape index (κ2) is 12.4. The van der Waals surface area contributed by atoms with Crippen LogP contribution in [0, 0.1) is 5.41 Å². The van der Waals surface area contributed by atoms with Crippen molar-refractivity contribution < 1.29 is 19.0 Å². The van der Waals surface area contributed by atoms with Crippen LogP contribution in [-0.2, 0) is 11.3 Å². The number of carbonyl (C=O) groups is 1. The Balaban J connectivity index is 0.00000408. The molecule has 8 nitrogen and oxygen atoms in total. The minimum absolute atomic E-state index is 0. The van der Waals surface area contributed by atoms with Crippen LogP contribution in [0.25, 0.3) is 0 Å². The number of nitrogens with two attached hydrogens (primary N) is 1. The van der Waals surface area contributed by atoms with Gasteiger partial charge in [-0.1, -0.05) is 30.3 Å². The van der Waals surface area contributed by atoms with Crippen molar-refractivity contribution >= 4 is 29.8 Å². The molecule has 0 heterocycles. The van der Waals surface area contributed by atoms with E-state index in [9.17, 15) is 4.79 Å². The van der Waals surface area contributed by atoms with Crippen LogP contribution in [0.4, 0.5) is 5.69 Å². The van der Waals surface area contributed by atoms with E-state index in [0.29, 0.717) is 40.6 Å². The second-order valence-corrected chi connectivity index (χ2v) is 7.22. The zero-order valence-electron chi connectivity index (χ0n) is 19.3. The van der Waals surface area contributed by atoms with Crippen LogP contribution >= 0.6 is 12.4 Å². The smallest absolute Gasteiger partial charge is 0.247 e. The lowest BCUT2D eigenvalue weighted by Gasteiger charge is -2.23. The van der Waals surface area contributed by atoms with Crippen LogP contribution < -0.4 is 30.6 Å². The van der Waals surface area contributed by atoms with E-state index in [1.807, 2.05) is 30.3 Å². The van der Waals surface area contributed by atoms with E-state index in [0.717, 1.165) is 5.56 Å². The van der Waals surface area contributed by atoms with Crippen molar-refractivity contribution in [1.82, 2.24) is 5.32 Å². The molecule has 3 aromatic carbocycles. The van der Waals surface area contributed by atoms with E-state index < -0.39 is 6.04 Å². The van der Waals surface area contributed by atoms with Crippen LogP contribution in [0.2, 0.25) is 0 Å². The molecule has 180 valence electrons. The number of rotatable bonds is 10. The summed E-state index contributed by atoms with van der Waals surface area (Å²) in [6.07, 6.45) is 0. The Bertz CT molecular complexity index is 1110. The zero-order chi connectivity index (χ0) is 23.8. The van der Waals surface area contributed by atoms with Gasteiger partial charge in [0, 0.05) is 29.4 Å². The summed E-state index contributed by atoms with van der Waals surface area (Å²) in [7, 11) is 4.60. The Hall–Kier alpha value is -3.91. The molecule has 0 bridgehead atoms. The number of carbonyl (C=O) groups excluding carboxylic acids is 1. The molecule has 0 spiro atoms. The standard InChI is InChI=1S/C25H28N4O4.ClH/c1-31-20-14-22(33-3)21(32-2)13-19(20)23(25(30)28-15-16-7-5-4-6-8-16)29-18-11-9-17(10-12-18)24(26)27;/h4-14,23,29H,15H2,1-3H3,(H3,26,27)(H,28,30);1H/t23-;/m1./s1. The number of nitrogens with one attached hydrogen (secondary N) is 3. The number of anilines is 1. The van der Waals surface area contributed by atoms with Gasteiger partial charge in [-0.05, 0) is 35.9 Å². The molecule has 0 saturated carbocycles. The maximum atomic E-state index is 13.4. The number of methoxy groups -OCH3 is 3. The fourth-order valence-corrected chi connectivity index (χ4v) is 3.36. The number of benzene rings is 3. The molecule has 1 atom stereocenters. The lowest BCUT2D eigenvalue weighted by atomic mass is 10.0. The van der Waals surface area contributed by atoms with Gasteiger partial charge in [0.1, 0.15) is 17.6 Å².